The lowest BCUT2D eigenvalue weighted by Crippen LogP contribution is -2.45. The van der Waals surface area contributed by atoms with Crippen molar-refractivity contribution in [2.75, 3.05) is 18.0 Å². The summed E-state index contributed by atoms with van der Waals surface area (Å²) in [5, 5.41) is 9.46. The number of anilines is 1. The average Bonchev–Trinajstić information content (AvgIpc) is 2.91. The van der Waals surface area contributed by atoms with Gasteiger partial charge in [-0.1, -0.05) is 6.07 Å². The van der Waals surface area contributed by atoms with Crippen LogP contribution in [0.15, 0.2) is 22.7 Å². The second kappa shape index (κ2) is 7.75. The number of aromatic nitrogens is 2. The maximum atomic E-state index is 14.6. The molecule has 26 heavy (non-hydrogen) atoms. The number of carbonyl (C=O) groups excluding carboxylic acids is 1. The number of aryl methyl sites for hydroxylation is 1. The number of hydrogen-bond acceptors (Lipinski definition) is 4. The highest BCUT2D eigenvalue weighted by atomic mass is 79.9. The molecule has 0 spiro atoms. The predicted octanol–water partition coefficient (Wildman–Crippen LogP) is 3.16. The summed E-state index contributed by atoms with van der Waals surface area (Å²) in [7, 11) is 0. The highest BCUT2D eigenvalue weighted by molar-refractivity contribution is 9.10. The van der Waals surface area contributed by atoms with Crippen LogP contribution < -0.4 is 10.2 Å². The van der Waals surface area contributed by atoms with Gasteiger partial charge in [-0.05, 0) is 54.4 Å². The van der Waals surface area contributed by atoms with Crippen LogP contribution in [0.3, 0.4) is 0 Å². The molecule has 2 unspecified atom stereocenters. The number of hydrogen-bond donors (Lipinski definition) is 2. The van der Waals surface area contributed by atoms with Gasteiger partial charge in [0.1, 0.15) is 5.82 Å². The van der Waals surface area contributed by atoms with E-state index in [0.29, 0.717) is 28.8 Å². The van der Waals surface area contributed by atoms with Gasteiger partial charge in [0, 0.05) is 25.3 Å². The Balaban J connectivity index is 1.66. The van der Waals surface area contributed by atoms with Crippen molar-refractivity contribution in [3.63, 3.8) is 0 Å². The molecule has 1 aliphatic rings. The normalized spacial score (nSPS) is 20.3. The lowest BCUT2D eigenvalue weighted by atomic mass is 10.1. The number of nitrogens with zero attached hydrogens (tertiary/aromatic N) is 2. The van der Waals surface area contributed by atoms with Gasteiger partial charge in [-0.3, -0.25) is 9.89 Å². The molecule has 2 heterocycles. The van der Waals surface area contributed by atoms with E-state index < -0.39 is 0 Å². The smallest absolute Gasteiger partial charge is 0.273 e. The Hall–Kier alpha value is -1.93. The number of aromatic amines is 1. The third-order valence-corrected chi connectivity index (χ3v) is 5.28. The van der Waals surface area contributed by atoms with Gasteiger partial charge in [0.2, 0.25) is 0 Å². The molecule has 6 nitrogen and oxygen atoms in total. The number of morpholine rings is 1. The van der Waals surface area contributed by atoms with E-state index in [9.17, 15) is 9.18 Å². The first-order valence-corrected chi connectivity index (χ1v) is 9.32. The molecule has 1 amide bonds. The molecule has 2 aromatic rings. The maximum Gasteiger partial charge on any atom is 0.273 e. The number of nitrogens with one attached hydrogen (secondary N) is 2. The molecule has 3 rings (SSSR count). The van der Waals surface area contributed by atoms with Crippen molar-refractivity contribution in [1.82, 2.24) is 15.5 Å². The Morgan fingerprint density at radius 3 is 2.69 bits per heavy atom. The molecule has 1 aromatic carbocycles. The standard InChI is InChI=1S/C18H22BrFN4O2/c1-10-8-24(9-11(2)26-10)15-5-4-13(6-14(15)20)7-21-18(25)17-16(19)12(3)22-23-17/h4-6,10-11H,7-9H2,1-3H3,(H,21,25)(H,22,23). The van der Waals surface area contributed by atoms with E-state index in [1.165, 1.54) is 6.07 Å². The second-order valence-electron chi connectivity index (χ2n) is 6.64. The van der Waals surface area contributed by atoms with Crippen LogP contribution in [0.5, 0.6) is 0 Å². The van der Waals surface area contributed by atoms with Gasteiger partial charge in [0.05, 0.1) is 22.4 Å². The van der Waals surface area contributed by atoms with Gasteiger partial charge in [-0.25, -0.2) is 4.39 Å². The summed E-state index contributed by atoms with van der Waals surface area (Å²) in [5.41, 5.74) is 2.32. The quantitative estimate of drug-likeness (QED) is 0.790. The highest BCUT2D eigenvalue weighted by Gasteiger charge is 2.24. The fourth-order valence-corrected chi connectivity index (χ4v) is 3.48. The molecule has 0 aliphatic carbocycles. The van der Waals surface area contributed by atoms with Gasteiger partial charge in [0.15, 0.2) is 5.69 Å². The fraction of sp³-hybridized carbons (Fsp3) is 0.444. The SMILES string of the molecule is Cc1[nH]nc(C(=O)NCc2ccc(N3CC(C)OC(C)C3)c(F)c2)c1Br. The number of ether oxygens (including phenoxy) is 1. The van der Waals surface area contributed by atoms with Crippen LogP contribution in [-0.2, 0) is 11.3 Å². The molecule has 1 aliphatic heterocycles. The summed E-state index contributed by atoms with van der Waals surface area (Å²) in [4.78, 5) is 14.2. The van der Waals surface area contributed by atoms with Crippen molar-refractivity contribution in [2.24, 2.45) is 0 Å². The summed E-state index contributed by atoms with van der Waals surface area (Å²) in [6.45, 7) is 7.33. The van der Waals surface area contributed by atoms with Gasteiger partial charge in [0.25, 0.3) is 5.91 Å². The summed E-state index contributed by atoms with van der Waals surface area (Å²) < 4.78 is 20.9. The minimum absolute atomic E-state index is 0.0628. The average molecular weight is 425 g/mol. The van der Waals surface area contributed by atoms with Crippen molar-refractivity contribution in [3.05, 3.63) is 45.4 Å². The largest absolute Gasteiger partial charge is 0.372 e. The van der Waals surface area contributed by atoms with Crippen molar-refractivity contribution in [3.8, 4) is 0 Å². The zero-order valence-electron chi connectivity index (χ0n) is 15.0. The van der Waals surface area contributed by atoms with Crippen LogP contribution in [0, 0.1) is 12.7 Å². The Labute approximate surface area is 160 Å². The fourth-order valence-electron chi connectivity index (χ4n) is 3.12. The molecular formula is C18H22BrFN4O2. The van der Waals surface area contributed by atoms with E-state index in [4.69, 9.17) is 4.74 Å². The molecule has 1 fully saturated rings. The lowest BCUT2D eigenvalue weighted by molar-refractivity contribution is -0.00539. The second-order valence-corrected chi connectivity index (χ2v) is 7.43. The Morgan fingerprint density at radius 2 is 2.12 bits per heavy atom. The number of rotatable bonds is 4. The first-order valence-electron chi connectivity index (χ1n) is 8.52. The van der Waals surface area contributed by atoms with E-state index >= 15 is 0 Å². The monoisotopic (exact) mass is 424 g/mol. The zero-order chi connectivity index (χ0) is 18.8. The molecule has 1 saturated heterocycles. The molecule has 1 aromatic heterocycles. The molecule has 0 radical (unpaired) electrons. The number of H-pyrrole nitrogens is 1. The van der Waals surface area contributed by atoms with Crippen LogP contribution in [0.4, 0.5) is 10.1 Å². The third kappa shape index (κ3) is 4.07. The van der Waals surface area contributed by atoms with Gasteiger partial charge in [-0.15, -0.1) is 0 Å². The summed E-state index contributed by atoms with van der Waals surface area (Å²) in [5.74, 6) is -0.614. The molecule has 8 heteroatoms. The molecule has 140 valence electrons. The van der Waals surface area contributed by atoms with Gasteiger partial charge in [-0.2, -0.15) is 5.10 Å². The first kappa shape index (κ1) is 18.8. The predicted molar refractivity (Wildman–Crippen MR) is 101 cm³/mol. The van der Waals surface area contributed by atoms with Gasteiger partial charge < -0.3 is 15.0 Å². The number of amides is 1. The maximum absolute atomic E-state index is 14.6. The first-order chi connectivity index (χ1) is 12.3. The number of carbonyl (C=O) groups is 1. The zero-order valence-corrected chi connectivity index (χ0v) is 16.6. The third-order valence-electron chi connectivity index (χ3n) is 4.31. The summed E-state index contributed by atoms with van der Waals surface area (Å²) in [6, 6.07) is 5.05. The minimum Gasteiger partial charge on any atom is -0.372 e. The molecular weight excluding hydrogens is 403 g/mol. The van der Waals surface area contributed by atoms with E-state index in [1.807, 2.05) is 31.7 Å². The Bertz CT molecular complexity index is 800. The van der Waals surface area contributed by atoms with E-state index in [0.717, 1.165) is 5.69 Å². The lowest BCUT2D eigenvalue weighted by Gasteiger charge is -2.37. The van der Waals surface area contributed by atoms with Crippen molar-refractivity contribution in [2.45, 2.75) is 39.5 Å². The summed E-state index contributed by atoms with van der Waals surface area (Å²) in [6.07, 6.45) is 0.126. The Morgan fingerprint density at radius 1 is 1.42 bits per heavy atom. The molecule has 2 atom stereocenters. The molecule has 0 saturated carbocycles. The van der Waals surface area contributed by atoms with Crippen LogP contribution in [0.1, 0.15) is 35.6 Å². The van der Waals surface area contributed by atoms with Crippen LogP contribution in [0.25, 0.3) is 0 Å². The van der Waals surface area contributed by atoms with Crippen molar-refractivity contribution < 1.29 is 13.9 Å². The van der Waals surface area contributed by atoms with Crippen LogP contribution >= 0.6 is 15.9 Å². The van der Waals surface area contributed by atoms with Crippen molar-refractivity contribution >= 4 is 27.5 Å². The Kier molecular flexibility index (Phi) is 5.62. The summed E-state index contributed by atoms with van der Waals surface area (Å²) >= 11 is 3.32. The van der Waals surface area contributed by atoms with Crippen molar-refractivity contribution in [1.29, 1.82) is 0 Å². The molecule has 0 bridgehead atoms. The van der Waals surface area contributed by atoms with E-state index in [-0.39, 0.29) is 36.2 Å². The van der Waals surface area contributed by atoms with E-state index in [2.05, 4.69) is 31.4 Å². The van der Waals surface area contributed by atoms with Crippen LogP contribution in [-0.4, -0.2) is 41.4 Å². The topological polar surface area (TPSA) is 70.2 Å². The minimum atomic E-state index is -0.318. The highest BCUT2D eigenvalue weighted by Crippen LogP contribution is 2.24. The number of benzene rings is 1. The number of halogens is 2. The van der Waals surface area contributed by atoms with Crippen LogP contribution in [0.2, 0.25) is 0 Å². The molecule has 2 N–H and O–H groups in total. The van der Waals surface area contributed by atoms with E-state index in [1.54, 1.807) is 6.07 Å². The van der Waals surface area contributed by atoms with Gasteiger partial charge >= 0.3 is 0 Å².